The summed E-state index contributed by atoms with van der Waals surface area (Å²) < 4.78 is 31.2. The molecule has 0 radical (unpaired) electrons. The van der Waals surface area contributed by atoms with Gasteiger partial charge in [-0.05, 0) is 25.5 Å². The lowest BCUT2D eigenvalue weighted by molar-refractivity contribution is -0.592. The molecule has 0 aliphatic carbocycles. The van der Waals surface area contributed by atoms with Crippen LogP contribution in [0.25, 0.3) is 0 Å². The second kappa shape index (κ2) is 7.18. The first-order valence-corrected chi connectivity index (χ1v) is 7.56. The fourth-order valence-electron chi connectivity index (χ4n) is 1.63. The molecule has 20 heavy (non-hydrogen) atoms. The molecule has 6 nitrogen and oxygen atoms in total. The van der Waals surface area contributed by atoms with Crippen LogP contribution in [0.5, 0.6) is 0 Å². The van der Waals surface area contributed by atoms with Crippen molar-refractivity contribution in [1.29, 1.82) is 0 Å². The molecule has 0 unspecified atom stereocenters. The van der Waals surface area contributed by atoms with Gasteiger partial charge in [-0.25, -0.2) is 8.42 Å². The standard InChI is InChI=1S/C7H8O3S.C6H10N2O/c1-6-2-4-7(5-3-6)11(8,9)10;7-6(9)5-2-1-3-8-4-5/h2-5H,1H3,(H,8,9,10);4,8H,1-3H2,(H2,7,9). The highest BCUT2D eigenvalue weighted by Gasteiger charge is 2.10. The van der Waals surface area contributed by atoms with Crippen molar-refractivity contribution >= 4 is 16.0 Å². The second-order valence-electron chi connectivity index (χ2n) is 4.45. The Hall–Kier alpha value is -1.70. The van der Waals surface area contributed by atoms with Crippen LogP contribution in [0.4, 0.5) is 0 Å². The summed E-state index contributed by atoms with van der Waals surface area (Å²) in [6.07, 6.45) is 3.74. The molecule has 4 N–H and O–H groups in total. The van der Waals surface area contributed by atoms with E-state index in [9.17, 15) is 17.8 Å². The minimum absolute atomic E-state index is 0.178. The molecular formula is C13H18N2O4S. The minimum atomic E-state index is -4.27. The van der Waals surface area contributed by atoms with Crippen LogP contribution >= 0.6 is 0 Å². The number of primary amides is 1. The van der Waals surface area contributed by atoms with Crippen molar-refractivity contribution in [3.05, 3.63) is 41.6 Å². The Kier molecular flexibility index (Phi) is 5.87. The highest BCUT2D eigenvalue weighted by molar-refractivity contribution is 7.85. The van der Waals surface area contributed by atoms with Gasteiger partial charge in [-0.15, -0.1) is 0 Å². The van der Waals surface area contributed by atoms with Gasteiger partial charge in [0.05, 0.1) is 17.0 Å². The second-order valence-corrected chi connectivity index (χ2v) is 5.83. The van der Waals surface area contributed by atoms with E-state index < -0.39 is 10.1 Å². The summed E-state index contributed by atoms with van der Waals surface area (Å²) in [5, 5.41) is 1.99. The summed E-state index contributed by atoms with van der Waals surface area (Å²) in [7, 11) is -4.27. The lowest BCUT2D eigenvalue weighted by atomic mass is 10.1. The number of hydrogen-bond acceptors (Lipinski definition) is 4. The highest BCUT2D eigenvalue weighted by Crippen LogP contribution is 2.08. The average molecular weight is 298 g/mol. The van der Waals surface area contributed by atoms with E-state index in [-0.39, 0.29) is 10.8 Å². The number of nitrogens with two attached hydrogens (primary N) is 2. The topological polar surface area (TPSA) is 117 Å². The van der Waals surface area contributed by atoms with E-state index in [1.165, 1.54) is 12.1 Å². The van der Waals surface area contributed by atoms with Crippen LogP contribution in [0.15, 0.2) is 40.9 Å². The fourth-order valence-corrected chi connectivity index (χ4v) is 2.10. The third-order valence-corrected chi connectivity index (χ3v) is 3.61. The van der Waals surface area contributed by atoms with Crippen molar-refractivity contribution < 1.29 is 23.1 Å². The number of benzene rings is 1. The molecule has 1 heterocycles. The Balaban J connectivity index is 0.000000204. The first-order chi connectivity index (χ1) is 9.30. The number of quaternary nitrogens is 1. The molecule has 0 fully saturated rings. The van der Waals surface area contributed by atoms with E-state index in [1.807, 2.05) is 18.4 Å². The number of amides is 1. The summed E-state index contributed by atoms with van der Waals surface area (Å²) in [4.78, 5) is 10.3. The molecule has 1 amide bonds. The number of hydrogen-bond donors (Lipinski definition) is 2. The van der Waals surface area contributed by atoms with E-state index in [2.05, 4.69) is 0 Å². The van der Waals surface area contributed by atoms with Crippen molar-refractivity contribution in [3.8, 4) is 0 Å². The zero-order valence-corrected chi connectivity index (χ0v) is 12.0. The summed E-state index contributed by atoms with van der Waals surface area (Å²) in [5.74, 6) is -0.272. The van der Waals surface area contributed by atoms with E-state index >= 15 is 0 Å². The molecule has 1 aliphatic rings. The van der Waals surface area contributed by atoms with Crippen LogP contribution in [-0.2, 0) is 14.9 Å². The summed E-state index contributed by atoms with van der Waals surface area (Å²) >= 11 is 0. The van der Waals surface area contributed by atoms with Crippen LogP contribution < -0.4 is 11.1 Å². The van der Waals surface area contributed by atoms with E-state index in [0.29, 0.717) is 0 Å². The zero-order valence-electron chi connectivity index (χ0n) is 11.2. The van der Waals surface area contributed by atoms with Crippen LogP contribution in [0.3, 0.4) is 0 Å². The van der Waals surface area contributed by atoms with Gasteiger partial charge >= 0.3 is 0 Å². The highest BCUT2D eigenvalue weighted by atomic mass is 32.2. The molecule has 0 aromatic heterocycles. The Bertz CT molecular complexity index is 591. The predicted molar refractivity (Wildman–Crippen MR) is 72.4 cm³/mol. The van der Waals surface area contributed by atoms with Crippen molar-refractivity contribution in [2.75, 3.05) is 6.54 Å². The molecule has 110 valence electrons. The third kappa shape index (κ3) is 5.52. The Morgan fingerprint density at radius 1 is 1.30 bits per heavy atom. The van der Waals surface area contributed by atoms with E-state index in [1.54, 1.807) is 12.1 Å². The normalized spacial score (nSPS) is 14.8. The van der Waals surface area contributed by atoms with Crippen molar-refractivity contribution in [1.82, 2.24) is 0 Å². The number of aryl methyl sites for hydroxylation is 1. The van der Waals surface area contributed by atoms with Gasteiger partial charge in [0, 0.05) is 6.42 Å². The SMILES string of the molecule is Cc1ccc(S(=O)(=O)[O-])cc1.NC(=O)C1=C[NH2+]CCC1. The average Bonchev–Trinajstić information content (AvgIpc) is 2.40. The quantitative estimate of drug-likeness (QED) is 0.723. The molecule has 1 aliphatic heterocycles. The zero-order chi connectivity index (χ0) is 15.2. The Labute approximate surface area is 118 Å². The van der Waals surface area contributed by atoms with Gasteiger partial charge in [-0.1, -0.05) is 17.7 Å². The van der Waals surface area contributed by atoms with Crippen molar-refractivity contribution in [2.24, 2.45) is 5.73 Å². The molecule has 0 saturated carbocycles. The largest absolute Gasteiger partial charge is 0.744 e. The van der Waals surface area contributed by atoms with E-state index in [4.69, 9.17) is 5.73 Å². The van der Waals surface area contributed by atoms with Crippen LogP contribution in [0.2, 0.25) is 0 Å². The van der Waals surface area contributed by atoms with Crippen molar-refractivity contribution in [3.63, 3.8) is 0 Å². The molecule has 1 aromatic carbocycles. The lowest BCUT2D eigenvalue weighted by Gasteiger charge is -2.05. The molecule has 0 saturated heterocycles. The van der Waals surface area contributed by atoms with Gasteiger partial charge in [-0.3, -0.25) is 4.79 Å². The Morgan fingerprint density at radius 3 is 2.25 bits per heavy atom. The third-order valence-electron chi connectivity index (χ3n) is 2.76. The molecule has 7 heteroatoms. The summed E-state index contributed by atoms with van der Waals surface area (Å²) in [5.41, 5.74) is 6.73. The predicted octanol–water partition coefficient (Wildman–Crippen LogP) is -0.388. The maximum absolute atomic E-state index is 10.5. The molecule has 0 spiro atoms. The number of carbonyl (C=O) groups excluding carboxylic acids is 1. The van der Waals surface area contributed by atoms with Gasteiger partial charge in [0.1, 0.15) is 16.3 Å². The summed E-state index contributed by atoms with van der Waals surface area (Å²) in [6.45, 7) is 2.90. The first kappa shape index (κ1) is 16.4. The molecular weight excluding hydrogens is 280 g/mol. The molecule has 0 bridgehead atoms. The Morgan fingerprint density at radius 2 is 1.90 bits per heavy atom. The molecule has 2 rings (SSSR count). The van der Waals surface area contributed by atoms with Crippen LogP contribution in [0, 0.1) is 6.92 Å². The smallest absolute Gasteiger partial charge is 0.249 e. The van der Waals surface area contributed by atoms with Crippen molar-refractivity contribution in [2.45, 2.75) is 24.7 Å². The molecule has 0 atom stereocenters. The summed E-state index contributed by atoms with van der Waals surface area (Å²) in [6, 6.07) is 5.78. The molecule has 1 aromatic rings. The monoisotopic (exact) mass is 298 g/mol. The van der Waals surface area contributed by atoms with Crippen LogP contribution in [0.1, 0.15) is 18.4 Å². The lowest BCUT2D eigenvalue weighted by Crippen LogP contribution is -2.79. The number of rotatable bonds is 2. The first-order valence-electron chi connectivity index (χ1n) is 6.15. The van der Waals surface area contributed by atoms with Gasteiger partial charge in [0.15, 0.2) is 0 Å². The van der Waals surface area contributed by atoms with Gasteiger partial charge in [0.2, 0.25) is 5.91 Å². The van der Waals surface area contributed by atoms with Gasteiger partial charge in [-0.2, -0.15) is 0 Å². The van der Waals surface area contributed by atoms with Gasteiger partial charge in [0.25, 0.3) is 0 Å². The maximum atomic E-state index is 10.5. The fraction of sp³-hybridized carbons (Fsp3) is 0.308. The maximum Gasteiger partial charge on any atom is 0.249 e. The van der Waals surface area contributed by atoms with E-state index in [0.717, 1.165) is 30.5 Å². The number of carbonyl (C=O) groups is 1. The van der Waals surface area contributed by atoms with Gasteiger partial charge < -0.3 is 15.6 Å². The minimum Gasteiger partial charge on any atom is -0.744 e. The van der Waals surface area contributed by atoms with Crippen LogP contribution in [-0.4, -0.2) is 25.4 Å².